The zero-order valence-electron chi connectivity index (χ0n) is 7.96. The fraction of sp³-hybridized carbons (Fsp3) is 1.00. The smallest absolute Gasteiger partial charge is 0.00934 e. The van der Waals surface area contributed by atoms with Crippen molar-refractivity contribution in [3.05, 3.63) is 0 Å². The van der Waals surface area contributed by atoms with Gasteiger partial charge in [-0.25, -0.2) is 0 Å². The summed E-state index contributed by atoms with van der Waals surface area (Å²) in [6, 6.07) is 2.09. The first-order valence-electron chi connectivity index (χ1n) is 4.15. The molecule has 1 aliphatic heterocycles. The Kier molecular flexibility index (Phi) is 8.69. The Morgan fingerprint density at radius 1 is 1.08 bits per heavy atom. The molecule has 2 atom stereocenters. The van der Waals surface area contributed by atoms with E-state index in [0.29, 0.717) is 12.1 Å². The van der Waals surface area contributed by atoms with Crippen LogP contribution in [0.4, 0.5) is 0 Å². The second-order valence-corrected chi connectivity index (χ2v) is 3.43. The molecule has 0 aliphatic carbocycles. The summed E-state index contributed by atoms with van der Waals surface area (Å²) in [7, 11) is 2.05. The van der Waals surface area contributed by atoms with E-state index in [2.05, 4.69) is 31.5 Å². The van der Waals surface area contributed by atoms with Crippen molar-refractivity contribution in [3.63, 3.8) is 0 Å². The maximum Gasteiger partial charge on any atom is 0.00934 e. The molecule has 1 fully saturated rings. The quantitative estimate of drug-likeness (QED) is 0.693. The van der Waals surface area contributed by atoms with Gasteiger partial charge in [0.05, 0.1) is 0 Å². The van der Waals surface area contributed by atoms with Crippen LogP contribution >= 0.6 is 24.8 Å². The molecule has 2 N–H and O–H groups in total. The summed E-state index contributed by atoms with van der Waals surface area (Å²) >= 11 is 0. The topological polar surface area (TPSA) is 24.1 Å². The molecule has 0 aromatic carbocycles. The lowest BCUT2D eigenvalue weighted by atomic mass is 9.96. The lowest BCUT2D eigenvalue weighted by molar-refractivity contribution is 0.292. The van der Waals surface area contributed by atoms with Crippen LogP contribution in [0.5, 0.6) is 0 Å². The summed E-state index contributed by atoms with van der Waals surface area (Å²) in [4.78, 5) is 0. The minimum absolute atomic E-state index is 0. The number of piperidine rings is 1. The van der Waals surface area contributed by atoms with E-state index in [-0.39, 0.29) is 24.8 Å². The van der Waals surface area contributed by atoms with Gasteiger partial charge in [0.15, 0.2) is 0 Å². The molecule has 2 nitrogen and oxygen atoms in total. The summed E-state index contributed by atoms with van der Waals surface area (Å²) in [5.41, 5.74) is 0. The SMILES string of the molecule is CNC1CC(C)NC(C)C1.Cl.Cl. The van der Waals surface area contributed by atoms with Gasteiger partial charge in [0.1, 0.15) is 0 Å². The summed E-state index contributed by atoms with van der Waals surface area (Å²) in [6.45, 7) is 4.50. The predicted molar refractivity (Wildman–Crippen MR) is 58.6 cm³/mol. The molecule has 1 saturated heterocycles. The van der Waals surface area contributed by atoms with Gasteiger partial charge in [-0.05, 0) is 33.7 Å². The lowest BCUT2D eigenvalue weighted by Gasteiger charge is -2.32. The second kappa shape index (κ2) is 6.96. The van der Waals surface area contributed by atoms with Crippen molar-refractivity contribution in [1.29, 1.82) is 0 Å². The van der Waals surface area contributed by atoms with Gasteiger partial charge >= 0.3 is 0 Å². The number of halogens is 2. The fourth-order valence-corrected chi connectivity index (χ4v) is 1.81. The fourth-order valence-electron chi connectivity index (χ4n) is 1.81. The van der Waals surface area contributed by atoms with Crippen LogP contribution in [-0.4, -0.2) is 25.2 Å². The standard InChI is InChI=1S/C8H18N2.2ClH/c1-6-4-8(9-3)5-7(2)10-6;;/h6-10H,4-5H2,1-3H3;2*1H. The Morgan fingerprint density at radius 3 is 1.83 bits per heavy atom. The minimum atomic E-state index is 0. The van der Waals surface area contributed by atoms with Crippen LogP contribution < -0.4 is 10.6 Å². The summed E-state index contributed by atoms with van der Waals surface area (Å²) < 4.78 is 0. The van der Waals surface area contributed by atoms with Crippen LogP contribution in [0.25, 0.3) is 0 Å². The highest BCUT2D eigenvalue weighted by molar-refractivity contribution is 5.85. The van der Waals surface area contributed by atoms with E-state index in [4.69, 9.17) is 0 Å². The van der Waals surface area contributed by atoms with E-state index in [1.165, 1.54) is 12.8 Å². The van der Waals surface area contributed by atoms with Gasteiger partial charge in [-0.1, -0.05) is 0 Å². The molecule has 0 amide bonds. The maximum atomic E-state index is 3.50. The van der Waals surface area contributed by atoms with E-state index < -0.39 is 0 Å². The van der Waals surface area contributed by atoms with Crippen LogP contribution in [0.3, 0.4) is 0 Å². The molecule has 0 spiro atoms. The highest BCUT2D eigenvalue weighted by Gasteiger charge is 2.20. The van der Waals surface area contributed by atoms with Crippen molar-refractivity contribution < 1.29 is 0 Å². The molecule has 12 heavy (non-hydrogen) atoms. The number of nitrogens with one attached hydrogen (secondary N) is 2. The molecule has 1 aliphatic rings. The Labute approximate surface area is 87.7 Å². The van der Waals surface area contributed by atoms with Gasteiger partial charge in [-0.3, -0.25) is 0 Å². The summed E-state index contributed by atoms with van der Waals surface area (Å²) in [5.74, 6) is 0. The highest BCUT2D eigenvalue weighted by atomic mass is 35.5. The van der Waals surface area contributed by atoms with Crippen molar-refractivity contribution in [2.75, 3.05) is 7.05 Å². The number of hydrogen-bond donors (Lipinski definition) is 2. The van der Waals surface area contributed by atoms with Crippen molar-refractivity contribution in [3.8, 4) is 0 Å². The molecule has 1 rings (SSSR count). The van der Waals surface area contributed by atoms with Crippen molar-refractivity contribution in [2.24, 2.45) is 0 Å². The third-order valence-electron chi connectivity index (χ3n) is 2.25. The average molecular weight is 215 g/mol. The van der Waals surface area contributed by atoms with Gasteiger partial charge in [-0.15, -0.1) is 24.8 Å². The average Bonchev–Trinajstić information content (AvgIpc) is 1.85. The van der Waals surface area contributed by atoms with Gasteiger partial charge in [0, 0.05) is 18.1 Å². The van der Waals surface area contributed by atoms with E-state index >= 15 is 0 Å². The normalized spacial score (nSPS) is 34.8. The van der Waals surface area contributed by atoms with Gasteiger partial charge in [-0.2, -0.15) is 0 Å². The Hall–Kier alpha value is 0.500. The number of hydrogen-bond acceptors (Lipinski definition) is 2. The molecule has 0 saturated carbocycles. The minimum Gasteiger partial charge on any atom is -0.317 e. The predicted octanol–water partition coefficient (Wildman–Crippen LogP) is 1.58. The van der Waals surface area contributed by atoms with Gasteiger partial charge < -0.3 is 10.6 Å². The molecule has 0 aromatic heterocycles. The first kappa shape index (κ1) is 15.0. The van der Waals surface area contributed by atoms with Crippen LogP contribution in [0, 0.1) is 0 Å². The Bertz CT molecular complexity index is 101. The summed E-state index contributed by atoms with van der Waals surface area (Å²) in [6.07, 6.45) is 2.53. The summed E-state index contributed by atoms with van der Waals surface area (Å²) in [5, 5.41) is 6.83. The third-order valence-corrected chi connectivity index (χ3v) is 2.25. The third kappa shape index (κ3) is 4.51. The molecule has 1 heterocycles. The molecular formula is C8H20Cl2N2. The maximum absolute atomic E-state index is 3.50. The van der Waals surface area contributed by atoms with E-state index in [1.807, 2.05) is 0 Å². The first-order chi connectivity index (χ1) is 4.72. The van der Waals surface area contributed by atoms with Crippen LogP contribution in [0.2, 0.25) is 0 Å². The zero-order valence-corrected chi connectivity index (χ0v) is 9.60. The molecule has 0 aromatic rings. The zero-order chi connectivity index (χ0) is 7.56. The highest BCUT2D eigenvalue weighted by Crippen LogP contribution is 2.12. The van der Waals surface area contributed by atoms with Crippen molar-refractivity contribution in [1.82, 2.24) is 10.6 Å². The van der Waals surface area contributed by atoms with Gasteiger partial charge in [0.25, 0.3) is 0 Å². The van der Waals surface area contributed by atoms with E-state index in [0.717, 1.165) is 6.04 Å². The molecule has 2 unspecified atom stereocenters. The van der Waals surface area contributed by atoms with E-state index in [9.17, 15) is 0 Å². The molecule has 4 heteroatoms. The number of rotatable bonds is 1. The van der Waals surface area contributed by atoms with Crippen molar-refractivity contribution >= 4 is 24.8 Å². The molecule has 0 radical (unpaired) electrons. The Morgan fingerprint density at radius 2 is 1.50 bits per heavy atom. The van der Waals surface area contributed by atoms with E-state index in [1.54, 1.807) is 0 Å². The van der Waals surface area contributed by atoms with Crippen molar-refractivity contribution in [2.45, 2.75) is 44.8 Å². The lowest BCUT2D eigenvalue weighted by Crippen LogP contribution is -2.48. The van der Waals surface area contributed by atoms with Gasteiger partial charge in [0.2, 0.25) is 0 Å². The van der Waals surface area contributed by atoms with Crippen LogP contribution in [-0.2, 0) is 0 Å². The molecule has 76 valence electrons. The molecule has 0 bridgehead atoms. The Balaban J connectivity index is 0. The van der Waals surface area contributed by atoms with Crippen LogP contribution in [0.15, 0.2) is 0 Å². The first-order valence-corrected chi connectivity index (χ1v) is 4.15. The van der Waals surface area contributed by atoms with Crippen LogP contribution in [0.1, 0.15) is 26.7 Å². The molecular weight excluding hydrogens is 195 g/mol. The second-order valence-electron chi connectivity index (χ2n) is 3.43. The monoisotopic (exact) mass is 214 g/mol. The largest absolute Gasteiger partial charge is 0.317 e.